The van der Waals surface area contributed by atoms with Gasteiger partial charge in [0.05, 0.1) is 10.5 Å². The number of amides is 1. The van der Waals surface area contributed by atoms with Crippen molar-refractivity contribution in [2.45, 2.75) is 12.8 Å². The van der Waals surface area contributed by atoms with Crippen molar-refractivity contribution in [2.24, 2.45) is 0 Å². The van der Waals surface area contributed by atoms with Crippen molar-refractivity contribution in [3.05, 3.63) is 41.0 Å². The van der Waals surface area contributed by atoms with E-state index in [4.69, 9.17) is 11.6 Å². The predicted molar refractivity (Wildman–Crippen MR) is 71.9 cm³/mol. The highest BCUT2D eigenvalue weighted by Crippen LogP contribution is 2.22. The Hall–Kier alpha value is -1.61. The lowest BCUT2D eigenvalue weighted by Gasteiger charge is -2.14. The fraction of sp³-hybridized carbons (Fsp3) is 0.286. The zero-order valence-electron chi connectivity index (χ0n) is 9.90. The number of halogens is 1. The van der Waals surface area contributed by atoms with Gasteiger partial charge in [-0.25, -0.2) is 4.98 Å². The second-order valence-corrected chi connectivity index (χ2v) is 4.91. The van der Waals surface area contributed by atoms with Crippen molar-refractivity contribution < 1.29 is 4.79 Å². The third-order valence-corrected chi connectivity index (χ3v) is 3.59. The SMILES string of the molecule is O=C(c1ccc2cccc(Cl)c2n1)N1CCCC1. The van der Waals surface area contributed by atoms with Gasteiger partial charge in [-0.15, -0.1) is 0 Å². The zero-order valence-corrected chi connectivity index (χ0v) is 10.7. The van der Waals surface area contributed by atoms with Crippen molar-refractivity contribution in [1.29, 1.82) is 0 Å². The van der Waals surface area contributed by atoms with Crippen LogP contribution in [0.25, 0.3) is 10.9 Å². The van der Waals surface area contributed by atoms with Crippen LogP contribution in [0, 0.1) is 0 Å². The van der Waals surface area contributed by atoms with Crippen LogP contribution in [0.3, 0.4) is 0 Å². The summed E-state index contributed by atoms with van der Waals surface area (Å²) in [7, 11) is 0. The molecule has 92 valence electrons. The maximum atomic E-state index is 12.2. The van der Waals surface area contributed by atoms with Gasteiger partial charge in [0, 0.05) is 18.5 Å². The summed E-state index contributed by atoms with van der Waals surface area (Å²) in [5.74, 6) is 0.00863. The lowest BCUT2D eigenvalue weighted by molar-refractivity contribution is 0.0787. The van der Waals surface area contributed by atoms with Crippen LogP contribution in [0.5, 0.6) is 0 Å². The number of nitrogens with zero attached hydrogens (tertiary/aromatic N) is 2. The van der Waals surface area contributed by atoms with Gasteiger partial charge in [0.25, 0.3) is 5.91 Å². The highest BCUT2D eigenvalue weighted by molar-refractivity contribution is 6.35. The minimum atomic E-state index is 0.00863. The van der Waals surface area contributed by atoms with Crippen molar-refractivity contribution in [1.82, 2.24) is 9.88 Å². The van der Waals surface area contributed by atoms with Gasteiger partial charge in [-0.3, -0.25) is 4.79 Å². The fourth-order valence-electron chi connectivity index (χ4n) is 2.31. The summed E-state index contributed by atoms with van der Waals surface area (Å²) in [5.41, 5.74) is 1.18. The number of fused-ring (bicyclic) bond motifs is 1. The number of aromatic nitrogens is 1. The van der Waals surface area contributed by atoms with Gasteiger partial charge in [0.1, 0.15) is 5.69 Å². The van der Waals surface area contributed by atoms with Crippen LogP contribution >= 0.6 is 11.6 Å². The Morgan fingerprint density at radius 1 is 1.17 bits per heavy atom. The van der Waals surface area contributed by atoms with E-state index in [2.05, 4.69) is 4.98 Å². The van der Waals surface area contributed by atoms with Crippen LogP contribution in [-0.2, 0) is 0 Å². The summed E-state index contributed by atoms with van der Waals surface area (Å²) >= 11 is 6.11. The summed E-state index contributed by atoms with van der Waals surface area (Å²) in [5, 5.41) is 1.55. The molecule has 0 N–H and O–H groups in total. The summed E-state index contributed by atoms with van der Waals surface area (Å²) < 4.78 is 0. The Kier molecular flexibility index (Phi) is 2.92. The molecular weight excluding hydrogens is 248 g/mol. The Morgan fingerprint density at radius 2 is 1.94 bits per heavy atom. The van der Waals surface area contributed by atoms with Crippen molar-refractivity contribution >= 4 is 28.4 Å². The summed E-state index contributed by atoms with van der Waals surface area (Å²) in [6.07, 6.45) is 2.17. The first-order chi connectivity index (χ1) is 8.75. The molecule has 0 radical (unpaired) electrons. The second kappa shape index (κ2) is 4.58. The Morgan fingerprint density at radius 3 is 2.72 bits per heavy atom. The molecule has 3 nitrogen and oxygen atoms in total. The molecule has 0 saturated carbocycles. The van der Waals surface area contributed by atoms with E-state index in [-0.39, 0.29) is 5.91 Å². The molecule has 1 aliphatic heterocycles. The van der Waals surface area contributed by atoms with E-state index in [0.717, 1.165) is 31.3 Å². The van der Waals surface area contributed by atoms with Crippen molar-refractivity contribution in [3.63, 3.8) is 0 Å². The predicted octanol–water partition coefficient (Wildman–Crippen LogP) is 3.12. The Labute approximate surface area is 110 Å². The molecule has 0 aliphatic carbocycles. The summed E-state index contributed by atoms with van der Waals surface area (Å²) in [6.45, 7) is 1.67. The standard InChI is InChI=1S/C14H13ClN2O/c15-11-5-3-4-10-6-7-12(16-13(10)11)14(18)17-8-1-2-9-17/h3-7H,1-2,8-9H2. The van der Waals surface area contributed by atoms with Crippen LogP contribution in [0.4, 0.5) is 0 Å². The maximum Gasteiger partial charge on any atom is 0.272 e. The molecular formula is C14H13ClN2O. The highest BCUT2D eigenvalue weighted by atomic mass is 35.5. The number of carbonyl (C=O) groups is 1. The molecule has 0 atom stereocenters. The van der Waals surface area contributed by atoms with E-state index in [9.17, 15) is 4.79 Å². The molecule has 3 rings (SSSR count). The monoisotopic (exact) mass is 260 g/mol. The molecule has 1 saturated heterocycles. The molecule has 1 aromatic carbocycles. The molecule has 1 amide bonds. The van der Waals surface area contributed by atoms with Crippen molar-refractivity contribution in [2.75, 3.05) is 13.1 Å². The summed E-state index contributed by atoms with van der Waals surface area (Å²) in [4.78, 5) is 18.5. The van der Waals surface area contributed by atoms with Gasteiger partial charge in [-0.1, -0.05) is 29.8 Å². The van der Waals surface area contributed by atoms with Crippen LogP contribution in [0.1, 0.15) is 23.3 Å². The number of hydrogen-bond acceptors (Lipinski definition) is 2. The number of benzene rings is 1. The fourth-order valence-corrected chi connectivity index (χ4v) is 2.54. The molecule has 2 heterocycles. The largest absolute Gasteiger partial charge is 0.337 e. The normalized spacial score (nSPS) is 15.3. The average Bonchev–Trinajstić information content (AvgIpc) is 2.92. The van der Waals surface area contributed by atoms with Crippen LogP contribution in [0.15, 0.2) is 30.3 Å². The van der Waals surface area contributed by atoms with E-state index in [1.807, 2.05) is 23.1 Å². The number of likely N-dealkylation sites (tertiary alicyclic amines) is 1. The number of para-hydroxylation sites is 1. The van der Waals surface area contributed by atoms with Gasteiger partial charge in [-0.05, 0) is 25.0 Å². The van der Waals surface area contributed by atoms with Gasteiger partial charge in [0.15, 0.2) is 0 Å². The number of rotatable bonds is 1. The van der Waals surface area contributed by atoms with E-state index in [1.54, 1.807) is 12.1 Å². The minimum absolute atomic E-state index is 0.00863. The third kappa shape index (κ3) is 1.95. The Balaban J connectivity index is 2.02. The molecule has 2 aromatic rings. The summed E-state index contributed by atoms with van der Waals surface area (Å²) in [6, 6.07) is 9.30. The first-order valence-electron chi connectivity index (χ1n) is 6.10. The molecule has 1 aromatic heterocycles. The number of pyridine rings is 1. The molecule has 18 heavy (non-hydrogen) atoms. The highest BCUT2D eigenvalue weighted by Gasteiger charge is 2.20. The molecule has 1 fully saturated rings. The quantitative estimate of drug-likeness (QED) is 0.789. The third-order valence-electron chi connectivity index (χ3n) is 3.28. The number of carbonyl (C=O) groups excluding carboxylic acids is 1. The average molecular weight is 261 g/mol. The van der Waals surface area contributed by atoms with E-state index < -0.39 is 0 Å². The van der Waals surface area contributed by atoms with Gasteiger partial charge < -0.3 is 4.90 Å². The van der Waals surface area contributed by atoms with E-state index in [1.165, 1.54) is 0 Å². The van der Waals surface area contributed by atoms with E-state index >= 15 is 0 Å². The van der Waals surface area contributed by atoms with Crippen LogP contribution in [-0.4, -0.2) is 28.9 Å². The Bertz CT molecular complexity index is 606. The molecule has 0 unspecified atom stereocenters. The van der Waals surface area contributed by atoms with Crippen molar-refractivity contribution in [3.8, 4) is 0 Å². The lowest BCUT2D eigenvalue weighted by atomic mass is 10.2. The van der Waals surface area contributed by atoms with Crippen LogP contribution < -0.4 is 0 Å². The molecule has 0 spiro atoms. The topological polar surface area (TPSA) is 33.2 Å². The lowest BCUT2D eigenvalue weighted by Crippen LogP contribution is -2.28. The van der Waals surface area contributed by atoms with Gasteiger partial charge in [-0.2, -0.15) is 0 Å². The van der Waals surface area contributed by atoms with Gasteiger partial charge >= 0.3 is 0 Å². The van der Waals surface area contributed by atoms with E-state index in [0.29, 0.717) is 16.2 Å². The maximum absolute atomic E-state index is 12.2. The minimum Gasteiger partial charge on any atom is -0.337 e. The zero-order chi connectivity index (χ0) is 12.5. The molecule has 0 bridgehead atoms. The first-order valence-corrected chi connectivity index (χ1v) is 6.48. The molecule has 1 aliphatic rings. The van der Waals surface area contributed by atoms with Gasteiger partial charge in [0.2, 0.25) is 0 Å². The number of hydrogen-bond donors (Lipinski definition) is 0. The first kappa shape index (κ1) is 11.5. The smallest absolute Gasteiger partial charge is 0.272 e. The molecule has 4 heteroatoms. The second-order valence-electron chi connectivity index (χ2n) is 4.51. The van der Waals surface area contributed by atoms with Crippen LogP contribution in [0.2, 0.25) is 5.02 Å².